The fourth-order valence-corrected chi connectivity index (χ4v) is 3.90. The van der Waals surface area contributed by atoms with Gasteiger partial charge < -0.3 is 14.8 Å². The van der Waals surface area contributed by atoms with Crippen LogP contribution >= 0.6 is 0 Å². The fourth-order valence-electron chi connectivity index (χ4n) is 3.90. The van der Waals surface area contributed by atoms with Crippen LogP contribution in [0.15, 0.2) is 46.8 Å². The quantitative estimate of drug-likeness (QED) is 0.581. The number of ether oxygens (including phenoxy) is 2. The van der Waals surface area contributed by atoms with Crippen LogP contribution in [0, 0.1) is 0 Å². The van der Waals surface area contributed by atoms with Crippen LogP contribution in [0.1, 0.15) is 67.8 Å². The number of carbonyl (C=O) groups is 3. The lowest BCUT2D eigenvalue weighted by Gasteiger charge is -2.34. The lowest BCUT2D eigenvalue weighted by atomic mass is 9.75. The Hall–Kier alpha value is -2.89. The molecule has 0 fully saturated rings. The van der Waals surface area contributed by atoms with Gasteiger partial charge in [0.2, 0.25) is 0 Å². The van der Waals surface area contributed by atoms with Gasteiger partial charge in [0.05, 0.1) is 24.9 Å². The van der Waals surface area contributed by atoms with E-state index in [1.807, 2.05) is 13.8 Å². The average Bonchev–Trinajstić information content (AvgIpc) is 2.72. The Bertz CT molecular complexity index is 879. The van der Waals surface area contributed by atoms with Crippen LogP contribution in [0.2, 0.25) is 0 Å². The number of dihydropyridines is 1. The number of esters is 2. The second-order valence-electron chi connectivity index (χ2n) is 7.37. The Balaban J connectivity index is 2.03. The summed E-state index contributed by atoms with van der Waals surface area (Å²) < 4.78 is 10.3. The van der Waals surface area contributed by atoms with Gasteiger partial charge >= 0.3 is 11.9 Å². The summed E-state index contributed by atoms with van der Waals surface area (Å²) in [7, 11) is 1.33. The van der Waals surface area contributed by atoms with Gasteiger partial charge in [0.25, 0.3) is 0 Å². The van der Waals surface area contributed by atoms with Crippen LogP contribution in [0.25, 0.3) is 0 Å². The fraction of sp³-hybridized carbons (Fsp3) is 0.435. The summed E-state index contributed by atoms with van der Waals surface area (Å²) >= 11 is 0. The Morgan fingerprint density at radius 2 is 1.86 bits per heavy atom. The summed E-state index contributed by atoms with van der Waals surface area (Å²) in [4.78, 5) is 37.5. The van der Waals surface area contributed by atoms with E-state index in [1.54, 1.807) is 24.3 Å². The topological polar surface area (TPSA) is 81.7 Å². The van der Waals surface area contributed by atoms with Crippen LogP contribution in [-0.4, -0.2) is 31.4 Å². The zero-order valence-electron chi connectivity index (χ0n) is 17.2. The van der Waals surface area contributed by atoms with Crippen molar-refractivity contribution in [3.8, 4) is 0 Å². The molecule has 1 aromatic rings. The third kappa shape index (κ3) is 4.26. The smallest absolute Gasteiger partial charge is 0.337 e. The molecule has 1 aromatic carbocycles. The zero-order chi connectivity index (χ0) is 21.0. The van der Waals surface area contributed by atoms with Crippen molar-refractivity contribution in [3.05, 3.63) is 57.9 Å². The summed E-state index contributed by atoms with van der Waals surface area (Å²) in [6, 6.07) is 6.88. The van der Waals surface area contributed by atoms with Gasteiger partial charge in [-0.25, -0.2) is 9.59 Å². The van der Waals surface area contributed by atoms with E-state index in [0.29, 0.717) is 35.4 Å². The van der Waals surface area contributed by atoms with Crippen molar-refractivity contribution in [2.24, 2.45) is 0 Å². The van der Waals surface area contributed by atoms with Gasteiger partial charge in [-0.3, -0.25) is 4.79 Å². The van der Waals surface area contributed by atoms with Crippen molar-refractivity contribution in [2.75, 3.05) is 13.7 Å². The Morgan fingerprint density at radius 1 is 1.14 bits per heavy atom. The second kappa shape index (κ2) is 9.07. The minimum Gasteiger partial charge on any atom is -0.465 e. The Labute approximate surface area is 171 Å². The largest absolute Gasteiger partial charge is 0.465 e. The first-order valence-electron chi connectivity index (χ1n) is 10.1. The van der Waals surface area contributed by atoms with Gasteiger partial charge in [-0.1, -0.05) is 25.5 Å². The summed E-state index contributed by atoms with van der Waals surface area (Å²) in [6.07, 6.45) is 3.75. The maximum absolute atomic E-state index is 12.9. The predicted molar refractivity (Wildman–Crippen MR) is 108 cm³/mol. The molecule has 0 saturated carbocycles. The molecule has 0 radical (unpaired) electrons. The molecule has 154 valence electrons. The van der Waals surface area contributed by atoms with Gasteiger partial charge in [0, 0.05) is 29.3 Å². The summed E-state index contributed by atoms with van der Waals surface area (Å²) in [5.41, 5.74) is 3.88. The number of methoxy groups -OCH3 is 1. The first kappa shape index (κ1) is 20.8. The third-order valence-corrected chi connectivity index (χ3v) is 5.39. The van der Waals surface area contributed by atoms with E-state index >= 15 is 0 Å². The molecule has 3 rings (SSSR count). The minimum absolute atomic E-state index is 0.0483. The summed E-state index contributed by atoms with van der Waals surface area (Å²) in [5.74, 6) is -1.29. The molecule has 1 aliphatic carbocycles. The highest BCUT2D eigenvalue weighted by Gasteiger charge is 2.39. The molecule has 0 aromatic heterocycles. The number of benzene rings is 1. The van der Waals surface area contributed by atoms with Crippen LogP contribution in [0.4, 0.5) is 0 Å². The average molecular weight is 397 g/mol. The maximum Gasteiger partial charge on any atom is 0.337 e. The molecular formula is C23H27NO5. The van der Waals surface area contributed by atoms with Crippen molar-refractivity contribution in [1.29, 1.82) is 0 Å². The maximum atomic E-state index is 12.9. The van der Waals surface area contributed by atoms with Crippen molar-refractivity contribution < 1.29 is 23.9 Å². The molecule has 29 heavy (non-hydrogen) atoms. The molecule has 6 heteroatoms. The van der Waals surface area contributed by atoms with E-state index in [1.165, 1.54) is 7.11 Å². The number of unbranched alkanes of at least 4 members (excludes halogenated alkanes) is 1. The van der Waals surface area contributed by atoms with Gasteiger partial charge in [0.1, 0.15) is 0 Å². The van der Waals surface area contributed by atoms with E-state index in [9.17, 15) is 14.4 Å². The molecule has 0 bridgehead atoms. The van der Waals surface area contributed by atoms with Crippen molar-refractivity contribution in [3.63, 3.8) is 0 Å². The van der Waals surface area contributed by atoms with Crippen molar-refractivity contribution in [1.82, 2.24) is 5.32 Å². The number of hydrogen-bond acceptors (Lipinski definition) is 6. The number of ketones is 1. The molecule has 1 heterocycles. The number of allylic oxidation sites excluding steroid dienone is 3. The molecule has 1 N–H and O–H groups in total. The SMILES string of the molecule is CCCCOC(=O)C1=C(C)NC2=C(C(=O)CCC2)[C@H]1c1ccc(C(=O)OC)cc1. The van der Waals surface area contributed by atoms with Gasteiger partial charge in [-0.15, -0.1) is 0 Å². The van der Waals surface area contributed by atoms with Crippen LogP contribution in [0.3, 0.4) is 0 Å². The third-order valence-electron chi connectivity index (χ3n) is 5.39. The van der Waals surface area contributed by atoms with E-state index in [2.05, 4.69) is 5.32 Å². The molecule has 0 amide bonds. The lowest BCUT2D eigenvalue weighted by Crippen LogP contribution is -2.34. The molecular weight excluding hydrogens is 370 g/mol. The Morgan fingerprint density at radius 3 is 2.52 bits per heavy atom. The molecule has 0 unspecified atom stereocenters. The molecule has 0 spiro atoms. The monoisotopic (exact) mass is 397 g/mol. The standard InChI is InChI=1S/C23H27NO5/c1-4-5-13-29-23(27)19-14(2)24-17-7-6-8-18(25)21(17)20(19)15-9-11-16(12-10-15)22(26)28-3/h9-12,20,24H,4-8,13H2,1-3H3/t20-/m0/s1. The minimum atomic E-state index is -0.500. The normalized spacial score (nSPS) is 18.9. The first-order valence-corrected chi connectivity index (χ1v) is 10.1. The van der Waals surface area contributed by atoms with Crippen molar-refractivity contribution in [2.45, 2.75) is 51.9 Å². The number of nitrogens with one attached hydrogen (secondary N) is 1. The lowest BCUT2D eigenvalue weighted by molar-refractivity contribution is -0.139. The Kier molecular flexibility index (Phi) is 6.52. The summed E-state index contributed by atoms with van der Waals surface area (Å²) in [6.45, 7) is 4.22. The number of Topliss-reactive ketones (excluding diaryl/α,β-unsaturated/α-hetero) is 1. The predicted octanol–water partition coefficient (Wildman–Crippen LogP) is 3.78. The number of carbonyl (C=O) groups excluding carboxylic acids is 3. The van der Waals surface area contributed by atoms with Gasteiger partial charge in [-0.05, 0) is 43.9 Å². The molecule has 6 nitrogen and oxygen atoms in total. The second-order valence-corrected chi connectivity index (χ2v) is 7.37. The van der Waals surface area contributed by atoms with E-state index < -0.39 is 17.9 Å². The van der Waals surface area contributed by atoms with Gasteiger partial charge in [0.15, 0.2) is 5.78 Å². The molecule has 0 saturated heterocycles. The molecule has 2 aliphatic rings. The zero-order valence-corrected chi connectivity index (χ0v) is 17.2. The van der Waals surface area contributed by atoms with E-state index in [0.717, 1.165) is 36.9 Å². The highest BCUT2D eigenvalue weighted by atomic mass is 16.5. The summed E-state index contributed by atoms with van der Waals surface area (Å²) in [5, 5.41) is 3.27. The highest BCUT2D eigenvalue weighted by molar-refractivity contribution is 6.03. The number of rotatable bonds is 6. The first-order chi connectivity index (χ1) is 14.0. The molecule has 1 atom stereocenters. The van der Waals surface area contributed by atoms with Gasteiger partial charge in [-0.2, -0.15) is 0 Å². The van der Waals surface area contributed by atoms with Crippen molar-refractivity contribution >= 4 is 17.7 Å². The van der Waals surface area contributed by atoms with Crippen LogP contribution in [0.5, 0.6) is 0 Å². The van der Waals surface area contributed by atoms with E-state index in [4.69, 9.17) is 9.47 Å². The molecule has 1 aliphatic heterocycles. The highest BCUT2D eigenvalue weighted by Crippen LogP contribution is 2.42. The van der Waals surface area contributed by atoms with Crippen LogP contribution < -0.4 is 5.32 Å². The van der Waals surface area contributed by atoms with E-state index in [-0.39, 0.29) is 5.78 Å². The van der Waals surface area contributed by atoms with Crippen LogP contribution in [-0.2, 0) is 19.1 Å². The number of hydrogen-bond donors (Lipinski definition) is 1.